The van der Waals surface area contributed by atoms with Gasteiger partial charge in [0, 0.05) is 3.57 Å². The number of hydrogen-bond donors (Lipinski definition) is 0. The first kappa shape index (κ1) is 10.5. The highest BCUT2D eigenvalue weighted by Gasteiger charge is 2.13. The van der Waals surface area contributed by atoms with Gasteiger partial charge in [-0.2, -0.15) is 0 Å². The minimum absolute atomic E-state index is 0.840. The van der Waals surface area contributed by atoms with E-state index in [1.54, 1.807) is 5.56 Å². The lowest BCUT2D eigenvalue weighted by molar-refractivity contribution is 0.592. The molecule has 1 aromatic carbocycles. The van der Waals surface area contributed by atoms with Crippen LogP contribution in [0, 0.1) is 3.57 Å². The van der Waals surface area contributed by atoms with Crippen LogP contribution < -0.4 is 0 Å². The third-order valence-corrected chi connectivity index (χ3v) is 3.85. The summed E-state index contributed by atoms with van der Waals surface area (Å²) >= 11 is 2.41. The van der Waals surface area contributed by atoms with Crippen molar-refractivity contribution in [3.8, 4) is 0 Å². The van der Waals surface area contributed by atoms with E-state index in [1.165, 1.54) is 42.1 Å². The summed E-state index contributed by atoms with van der Waals surface area (Å²) < 4.78 is 1.38. The molecule has 0 unspecified atom stereocenters. The van der Waals surface area contributed by atoms with E-state index in [0.717, 1.165) is 5.92 Å². The van der Waals surface area contributed by atoms with Gasteiger partial charge in [0.25, 0.3) is 0 Å². The van der Waals surface area contributed by atoms with Crippen LogP contribution >= 0.6 is 22.6 Å². The summed E-state index contributed by atoms with van der Waals surface area (Å²) in [5.74, 6) is 0.840. The first-order chi connectivity index (χ1) is 6.86. The van der Waals surface area contributed by atoms with Crippen LogP contribution in [0.5, 0.6) is 0 Å². The average molecular weight is 300 g/mol. The van der Waals surface area contributed by atoms with E-state index in [2.05, 4.69) is 46.9 Å². The number of hydrogen-bond acceptors (Lipinski definition) is 0. The van der Waals surface area contributed by atoms with E-state index in [0.29, 0.717) is 0 Å². The van der Waals surface area contributed by atoms with Crippen LogP contribution in [0.4, 0.5) is 0 Å². The SMILES string of the molecule is Ic1cccc(C2CCCCCC2)c1. The zero-order valence-corrected chi connectivity index (χ0v) is 10.7. The molecule has 2 rings (SSSR count). The Hall–Kier alpha value is -0.0500. The van der Waals surface area contributed by atoms with Gasteiger partial charge in [0.15, 0.2) is 0 Å². The number of halogens is 1. The van der Waals surface area contributed by atoms with E-state index in [-0.39, 0.29) is 0 Å². The summed E-state index contributed by atoms with van der Waals surface area (Å²) in [5.41, 5.74) is 1.57. The Balaban J connectivity index is 2.12. The molecule has 0 radical (unpaired) electrons. The summed E-state index contributed by atoms with van der Waals surface area (Å²) in [6.07, 6.45) is 8.55. The van der Waals surface area contributed by atoms with Crippen molar-refractivity contribution in [1.82, 2.24) is 0 Å². The molecule has 0 spiro atoms. The number of rotatable bonds is 1. The van der Waals surface area contributed by atoms with Gasteiger partial charge in [-0.3, -0.25) is 0 Å². The molecule has 0 atom stereocenters. The molecule has 14 heavy (non-hydrogen) atoms. The highest BCUT2D eigenvalue weighted by molar-refractivity contribution is 14.1. The molecule has 0 amide bonds. The number of benzene rings is 1. The summed E-state index contributed by atoms with van der Waals surface area (Å²) in [6.45, 7) is 0. The summed E-state index contributed by atoms with van der Waals surface area (Å²) in [4.78, 5) is 0. The molecule has 0 N–H and O–H groups in total. The second-order valence-electron chi connectivity index (χ2n) is 4.24. The van der Waals surface area contributed by atoms with Crippen LogP contribution in [0.1, 0.15) is 50.0 Å². The molecule has 1 fully saturated rings. The second kappa shape index (κ2) is 5.15. The molecule has 1 saturated carbocycles. The van der Waals surface area contributed by atoms with E-state index in [4.69, 9.17) is 0 Å². The normalized spacial score (nSPS) is 19.2. The molecule has 0 saturated heterocycles. The monoisotopic (exact) mass is 300 g/mol. The van der Waals surface area contributed by atoms with Gasteiger partial charge in [-0.15, -0.1) is 0 Å². The predicted octanol–water partition coefficient (Wildman–Crippen LogP) is 4.73. The third-order valence-electron chi connectivity index (χ3n) is 3.18. The average Bonchev–Trinajstić information content (AvgIpc) is 2.45. The molecule has 1 aliphatic carbocycles. The fraction of sp³-hybridized carbons (Fsp3) is 0.538. The van der Waals surface area contributed by atoms with Gasteiger partial charge in [-0.1, -0.05) is 37.8 Å². The van der Waals surface area contributed by atoms with Crippen molar-refractivity contribution in [2.45, 2.75) is 44.4 Å². The minimum Gasteiger partial charge on any atom is -0.0609 e. The van der Waals surface area contributed by atoms with Gasteiger partial charge in [0.2, 0.25) is 0 Å². The topological polar surface area (TPSA) is 0 Å². The zero-order valence-electron chi connectivity index (χ0n) is 8.51. The fourth-order valence-corrected chi connectivity index (χ4v) is 2.94. The van der Waals surface area contributed by atoms with E-state index < -0.39 is 0 Å². The first-order valence-corrected chi connectivity index (χ1v) is 6.69. The standard InChI is InChI=1S/C13H17I/c14-13-9-5-8-12(10-13)11-6-3-1-2-4-7-11/h5,8-11H,1-4,6-7H2. The van der Waals surface area contributed by atoms with Gasteiger partial charge < -0.3 is 0 Å². The van der Waals surface area contributed by atoms with Crippen LogP contribution in [-0.4, -0.2) is 0 Å². The van der Waals surface area contributed by atoms with Gasteiger partial charge >= 0.3 is 0 Å². The highest BCUT2D eigenvalue weighted by Crippen LogP contribution is 2.31. The summed E-state index contributed by atoms with van der Waals surface area (Å²) in [6, 6.07) is 9.04. The predicted molar refractivity (Wildman–Crippen MR) is 69.6 cm³/mol. The molecule has 0 nitrogen and oxygen atoms in total. The summed E-state index contributed by atoms with van der Waals surface area (Å²) in [5, 5.41) is 0. The maximum atomic E-state index is 2.41. The Bertz CT molecular complexity index is 285. The summed E-state index contributed by atoms with van der Waals surface area (Å²) in [7, 11) is 0. The smallest absolute Gasteiger partial charge is 0.0133 e. The minimum atomic E-state index is 0.840. The maximum absolute atomic E-state index is 2.41. The second-order valence-corrected chi connectivity index (χ2v) is 5.49. The largest absolute Gasteiger partial charge is 0.0609 e. The maximum Gasteiger partial charge on any atom is 0.0133 e. The Kier molecular flexibility index (Phi) is 3.85. The van der Waals surface area contributed by atoms with Crippen LogP contribution in [0.25, 0.3) is 0 Å². The van der Waals surface area contributed by atoms with Crippen LogP contribution in [0.3, 0.4) is 0 Å². The van der Waals surface area contributed by atoms with Gasteiger partial charge in [-0.25, -0.2) is 0 Å². The van der Waals surface area contributed by atoms with E-state index in [1.807, 2.05) is 0 Å². The highest BCUT2D eigenvalue weighted by atomic mass is 127. The molecule has 1 heteroatoms. The fourth-order valence-electron chi connectivity index (χ4n) is 2.37. The molecule has 1 aliphatic rings. The van der Waals surface area contributed by atoms with Gasteiger partial charge in [0.05, 0.1) is 0 Å². The lowest BCUT2D eigenvalue weighted by atomic mass is 9.92. The van der Waals surface area contributed by atoms with Gasteiger partial charge in [0.1, 0.15) is 0 Å². The lowest BCUT2D eigenvalue weighted by Crippen LogP contribution is -1.97. The third kappa shape index (κ3) is 2.72. The van der Waals surface area contributed by atoms with Crippen molar-refractivity contribution in [2.24, 2.45) is 0 Å². The molecular formula is C13H17I. The van der Waals surface area contributed by atoms with Crippen molar-refractivity contribution in [1.29, 1.82) is 0 Å². The quantitative estimate of drug-likeness (QED) is 0.519. The van der Waals surface area contributed by atoms with Crippen molar-refractivity contribution >= 4 is 22.6 Å². The zero-order chi connectivity index (χ0) is 9.80. The Morgan fingerprint density at radius 1 is 1.00 bits per heavy atom. The first-order valence-electron chi connectivity index (χ1n) is 5.62. The Morgan fingerprint density at radius 3 is 2.36 bits per heavy atom. The van der Waals surface area contributed by atoms with Crippen molar-refractivity contribution < 1.29 is 0 Å². The molecule has 0 aromatic heterocycles. The van der Waals surface area contributed by atoms with Crippen LogP contribution in [0.2, 0.25) is 0 Å². The van der Waals surface area contributed by atoms with Crippen molar-refractivity contribution in [3.05, 3.63) is 33.4 Å². The van der Waals surface area contributed by atoms with E-state index in [9.17, 15) is 0 Å². The Morgan fingerprint density at radius 2 is 1.71 bits per heavy atom. The van der Waals surface area contributed by atoms with Gasteiger partial charge in [-0.05, 0) is 59.0 Å². The lowest BCUT2D eigenvalue weighted by Gasteiger charge is -2.14. The van der Waals surface area contributed by atoms with Crippen molar-refractivity contribution in [2.75, 3.05) is 0 Å². The molecule has 0 heterocycles. The molecule has 0 aliphatic heterocycles. The van der Waals surface area contributed by atoms with Crippen LogP contribution in [0.15, 0.2) is 24.3 Å². The van der Waals surface area contributed by atoms with Crippen LogP contribution in [-0.2, 0) is 0 Å². The molecule has 1 aromatic rings. The van der Waals surface area contributed by atoms with E-state index >= 15 is 0 Å². The Labute approximate surface area is 100 Å². The van der Waals surface area contributed by atoms with Crippen molar-refractivity contribution in [3.63, 3.8) is 0 Å². The molecular weight excluding hydrogens is 283 g/mol. The molecule has 76 valence electrons. The molecule has 0 bridgehead atoms.